The molecule has 114 valence electrons. The van der Waals surface area contributed by atoms with Gasteiger partial charge in [-0.25, -0.2) is 4.39 Å². The van der Waals surface area contributed by atoms with Crippen LogP contribution in [0.15, 0.2) is 12.1 Å². The molecular weight excluding hydrogens is 275 g/mol. The zero-order chi connectivity index (χ0) is 14.8. The van der Waals surface area contributed by atoms with E-state index >= 15 is 0 Å². The lowest BCUT2D eigenvalue weighted by Gasteiger charge is -2.32. The van der Waals surface area contributed by atoms with E-state index in [1.165, 1.54) is 12.1 Å². The molecule has 0 radical (unpaired) electrons. The number of ether oxygens (including phenoxy) is 2. The molecule has 21 heavy (non-hydrogen) atoms. The molecule has 3 rings (SSSR count). The minimum Gasteiger partial charge on any atom is -0.467 e. The highest BCUT2D eigenvalue weighted by Gasteiger charge is 2.25. The molecule has 0 spiro atoms. The fourth-order valence-electron chi connectivity index (χ4n) is 3.05. The Morgan fingerprint density at radius 1 is 1.48 bits per heavy atom. The van der Waals surface area contributed by atoms with Gasteiger partial charge in [-0.3, -0.25) is 9.69 Å². The van der Waals surface area contributed by atoms with Gasteiger partial charge in [-0.2, -0.15) is 0 Å². The Kier molecular flexibility index (Phi) is 4.07. The van der Waals surface area contributed by atoms with Crippen LogP contribution in [-0.4, -0.2) is 30.7 Å². The van der Waals surface area contributed by atoms with E-state index in [0.29, 0.717) is 25.4 Å². The predicted octanol–water partition coefficient (Wildman–Crippen LogP) is 1.39. The number of carbonyl (C=O) groups is 1. The number of likely N-dealkylation sites (tertiary alicyclic amines) is 1. The van der Waals surface area contributed by atoms with Crippen LogP contribution in [0.25, 0.3) is 0 Å². The summed E-state index contributed by atoms with van der Waals surface area (Å²) in [6.45, 7) is 2.62. The summed E-state index contributed by atoms with van der Waals surface area (Å²) in [5.74, 6) is 0.0446. The second-order valence-electron chi connectivity index (χ2n) is 5.64. The van der Waals surface area contributed by atoms with Crippen molar-refractivity contribution >= 4 is 5.91 Å². The van der Waals surface area contributed by atoms with E-state index in [4.69, 9.17) is 15.2 Å². The highest BCUT2D eigenvalue weighted by Crippen LogP contribution is 2.31. The molecule has 2 aliphatic rings. The number of rotatable bonds is 3. The fraction of sp³-hybridized carbons (Fsp3) is 0.533. The molecule has 1 fully saturated rings. The van der Waals surface area contributed by atoms with Crippen LogP contribution in [0.3, 0.4) is 0 Å². The molecule has 0 aromatic heterocycles. The van der Waals surface area contributed by atoms with E-state index < -0.39 is 0 Å². The number of benzene rings is 1. The first kappa shape index (κ1) is 14.3. The van der Waals surface area contributed by atoms with Crippen LogP contribution >= 0.6 is 0 Å². The van der Waals surface area contributed by atoms with Crippen LogP contribution < -0.4 is 10.5 Å². The number of amides is 1. The molecule has 2 aliphatic heterocycles. The van der Waals surface area contributed by atoms with Gasteiger partial charge in [0.25, 0.3) is 0 Å². The van der Waals surface area contributed by atoms with Crippen LogP contribution in [0.4, 0.5) is 4.39 Å². The zero-order valence-corrected chi connectivity index (χ0v) is 11.8. The smallest absolute Gasteiger partial charge is 0.221 e. The molecule has 1 aromatic rings. The Hall–Kier alpha value is -1.66. The second kappa shape index (κ2) is 5.99. The number of hydrogen-bond acceptors (Lipinski definition) is 4. The lowest BCUT2D eigenvalue weighted by atomic mass is 9.96. The van der Waals surface area contributed by atoms with Gasteiger partial charge in [-0.05, 0) is 31.5 Å². The minimum atomic E-state index is -0.290. The first-order valence-electron chi connectivity index (χ1n) is 7.17. The molecule has 1 aromatic carbocycles. The van der Waals surface area contributed by atoms with Crippen molar-refractivity contribution < 1.29 is 18.7 Å². The van der Waals surface area contributed by atoms with Crippen molar-refractivity contribution in [3.63, 3.8) is 0 Å². The average Bonchev–Trinajstić information content (AvgIpc) is 2.47. The number of nitrogens with zero attached hydrogens (tertiary/aromatic N) is 1. The molecule has 0 saturated carbocycles. The summed E-state index contributed by atoms with van der Waals surface area (Å²) in [5.41, 5.74) is 6.93. The Morgan fingerprint density at radius 3 is 3.14 bits per heavy atom. The Balaban J connectivity index is 1.78. The summed E-state index contributed by atoms with van der Waals surface area (Å²) < 4.78 is 24.4. The van der Waals surface area contributed by atoms with Crippen LogP contribution in [0.2, 0.25) is 0 Å². The van der Waals surface area contributed by atoms with Gasteiger partial charge in [0.2, 0.25) is 5.91 Å². The summed E-state index contributed by atoms with van der Waals surface area (Å²) in [5, 5.41) is 0. The van der Waals surface area contributed by atoms with E-state index in [-0.39, 0.29) is 24.4 Å². The summed E-state index contributed by atoms with van der Waals surface area (Å²) in [7, 11) is 0. The molecule has 1 atom stereocenters. The highest BCUT2D eigenvalue weighted by molar-refractivity contribution is 5.76. The van der Waals surface area contributed by atoms with Gasteiger partial charge in [0.15, 0.2) is 6.79 Å². The number of halogens is 1. The molecule has 1 amide bonds. The molecule has 1 saturated heterocycles. The van der Waals surface area contributed by atoms with Crippen LogP contribution in [0, 0.1) is 11.7 Å². The van der Waals surface area contributed by atoms with E-state index in [1.54, 1.807) is 0 Å². The van der Waals surface area contributed by atoms with E-state index in [1.807, 2.05) is 0 Å². The third kappa shape index (κ3) is 3.16. The maximum absolute atomic E-state index is 13.7. The molecule has 6 heteroatoms. The number of primary amides is 1. The number of nitrogens with two attached hydrogens (primary N) is 1. The second-order valence-corrected chi connectivity index (χ2v) is 5.64. The van der Waals surface area contributed by atoms with Crippen molar-refractivity contribution in [2.75, 3.05) is 19.9 Å². The molecule has 2 N–H and O–H groups in total. The maximum Gasteiger partial charge on any atom is 0.221 e. The summed E-state index contributed by atoms with van der Waals surface area (Å²) in [6, 6.07) is 2.94. The van der Waals surface area contributed by atoms with Gasteiger partial charge in [-0.1, -0.05) is 0 Å². The Labute approximate surface area is 122 Å². The topological polar surface area (TPSA) is 64.8 Å². The Morgan fingerprint density at radius 2 is 2.33 bits per heavy atom. The van der Waals surface area contributed by atoms with Crippen molar-refractivity contribution in [1.82, 2.24) is 4.90 Å². The van der Waals surface area contributed by atoms with Crippen molar-refractivity contribution in [1.29, 1.82) is 0 Å². The van der Waals surface area contributed by atoms with Gasteiger partial charge in [0, 0.05) is 24.2 Å². The SMILES string of the molecule is NC(=O)[C@H]1CCCN(Cc2cc(F)cc3c2OCOC3)C1. The number of fused-ring (bicyclic) bond motifs is 1. The third-order valence-electron chi connectivity index (χ3n) is 4.05. The van der Waals surface area contributed by atoms with Crippen molar-refractivity contribution in [3.05, 3.63) is 29.1 Å². The highest BCUT2D eigenvalue weighted by atomic mass is 19.1. The number of carbonyl (C=O) groups excluding carboxylic acids is 1. The number of piperidine rings is 1. The first-order chi connectivity index (χ1) is 10.1. The van der Waals surface area contributed by atoms with Gasteiger partial charge in [-0.15, -0.1) is 0 Å². The van der Waals surface area contributed by atoms with Crippen molar-refractivity contribution in [2.24, 2.45) is 11.7 Å². The molecule has 5 nitrogen and oxygen atoms in total. The molecule has 0 bridgehead atoms. The van der Waals surface area contributed by atoms with Crippen LogP contribution in [-0.2, 0) is 22.7 Å². The van der Waals surface area contributed by atoms with Crippen molar-refractivity contribution in [2.45, 2.75) is 26.0 Å². The normalized spacial score (nSPS) is 22.4. The van der Waals surface area contributed by atoms with Gasteiger partial charge < -0.3 is 15.2 Å². The fourth-order valence-corrected chi connectivity index (χ4v) is 3.05. The average molecular weight is 294 g/mol. The molecule has 0 aliphatic carbocycles. The van der Waals surface area contributed by atoms with Crippen LogP contribution in [0.1, 0.15) is 24.0 Å². The summed E-state index contributed by atoms with van der Waals surface area (Å²) in [4.78, 5) is 13.5. The zero-order valence-electron chi connectivity index (χ0n) is 11.8. The largest absolute Gasteiger partial charge is 0.467 e. The molecular formula is C15H19FN2O3. The van der Waals surface area contributed by atoms with Crippen LogP contribution in [0.5, 0.6) is 5.75 Å². The lowest BCUT2D eigenvalue weighted by molar-refractivity contribution is -0.123. The lowest BCUT2D eigenvalue weighted by Crippen LogP contribution is -2.40. The molecule has 2 heterocycles. The van der Waals surface area contributed by atoms with Crippen molar-refractivity contribution in [3.8, 4) is 5.75 Å². The predicted molar refractivity (Wildman–Crippen MR) is 73.9 cm³/mol. The van der Waals surface area contributed by atoms with E-state index in [9.17, 15) is 9.18 Å². The first-order valence-corrected chi connectivity index (χ1v) is 7.17. The molecule has 0 unspecified atom stereocenters. The van der Waals surface area contributed by atoms with E-state index in [0.717, 1.165) is 30.5 Å². The maximum atomic E-state index is 13.7. The Bertz CT molecular complexity index is 550. The summed E-state index contributed by atoms with van der Waals surface area (Å²) >= 11 is 0. The minimum absolute atomic E-state index is 0.118. The number of hydrogen-bond donors (Lipinski definition) is 1. The van der Waals surface area contributed by atoms with Gasteiger partial charge >= 0.3 is 0 Å². The monoisotopic (exact) mass is 294 g/mol. The standard InChI is InChI=1S/C15H19FN2O3/c16-13-4-11(14-12(5-13)8-20-9-21-14)7-18-3-1-2-10(6-18)15(17)19/h4-5,10H,1-3,6-9H2,(H2,17,19)/t10-/m0/s1. The van der Waals surface area contributed by atoms with E-state index in [2.05, 4.69) is 4.90 Å². The van der Waals surface area contributed by atoms with Gasteiger partial charge in [0.05, 0.1) is 12.5 Å². The summed E-state index contributed by atoms with van der Waals surface area (Å²) in [6.07, 6.45) is 1.76. The third-order valence-corrected chi connectivity index (χ3v) is 4.05. The quantitative estimate of drug-likeness (QED) is 0.915. The van der Waals surface area contributed by atoms with Gasteiger partial charge in [0.1, 0.15) is 11.6 Å².